The van der Waals surface area contributed by atoms with E-state index < -0.39 is 0 Å². The van der Waals surface area contributed by atoms with Crippen molar-refractivity contribution in [2.24, 2.45) is 0 Å². The third-order valence-electron chi connectivity index (χ3n) is 0.840. The van der Waals surface area contributed by atoms with Crippen LogP contribution in [0.4, 0.5) is 0 Å². The van der Waals surface area contributed by atoms with E-state index in [1.54, 1.807) is 0 Å². The van der Waals surface area contributed by atoms with E-state index in [-0.39, 0.29) is 18.0 Å². The van der Waals surface area contributed by atoms with Crippen LogP contribution in [0, 0.1) is 0 Å². The van der Waals surface area contributed by atoms with E-state index >= 15 is 0 Å². The Morgan fingerprint density at radius 3 is 2.12 bits per heavy atom. The predicted octanol–water partition coefficient (Wildman–Crippen LogP) is -0.414. The summed E-state index contributed by atoms with van der Waals surface area (Å²) in [7, 11) is 0. The van der Waals surface area contributed by atoms with Crippen LogP contribution in [-0.4, -0.2) is 35.9 Å². The Bertz CT molecular complexity index is 109. The van der Waals surface area contributed by atoms with Gasteiger partial charge in [0.15, 0.2) is 0 Å². The van der Waals surface area contributed by atoms with Gasteiger partial charge in [0, 0.05) is 0 Å². The van der Waals surface area contributed by atoms with Gasteiger partial charge in [0.1, 0.15) is 0 Å². The van der Waals surface area contributed by atoms with Crippen molar-refractivity contribution < 1.29 is 9.59 Å². The summed E-state index contributed by atoms with van der Waals surface area (Å²) >= 11 is 0.427. The van der Waals surface area contributed by atoms with Crippen LogP contribution >= 0.6 is 0 Å². The topological polar surface area (TPSA) is 34.1 Å². The third-order valence-corrected chi connectivity index (χ3v) is 3.09. The molecule has 0 fully saturated rings. The number of carbonyl (C=O) groups is 2. The Labute approximate surface area is 63.2 Å². The molecule has 0 heterocycles. The molecule has 0 aromatic rings. The average molecular weight is 216 g/mol. The molecule has 0 amide bonds. The molecule has 2 nitrogen and oxygen atoms in total. The van der Waals surface area contributed by atoms with Crippen molar-refractivity contribution in [3.63, 3.8) is 0 Å². The van der Waals surface area contributed by atoms with Crippen LogP contribution in [0.25, 0.3) is 0 Å². The molecule has 0 bridgehead atoms. The van der Waals surface area contributed by atoms with E-state index in [0.717, 1.165) is 0 Å². The standard InChI is InChI=1S/C5H7O2.In.2H/c1-4(6)3-5(2)7;;;/h1,3H2,2H3;;;. The summed E-state index contributed by atoms with van der Waals surface area (Å²) in [4.78, 5) is 20.7. The van der Waals surface area contributed by atoms with Gasteiger partial charge in [-0.15, -0.1) is 0 Å². The Kier molecular flexibility index (Phi) is 4.23. The summed E-state index contributed by atoms with van der Waals surface area (Å²) in [6, 6.07) is 0. The summed E-state index contributed by atoms with van der Waals surface area (Å²) in [5, 5.41) is 0. The maximum absolute atomic E-state index is 10.5. The molecule has 44 valence electrons. The number of hydrogen-bond donors (Lipinski definition) is 0. The van der Waals surface area contributed by atoms with Gasteiger partial charge in [0.2, 0.25) is 0 Å². The number of rotatable bonds is 3. The molecule has 0 aliphatic carbocycles. The quantitative estimate of drug-likeness (QED) is 0.600. The first-order valence-corrected chi connectivity index (χ1v) is 6.71. The van der Waals surface area contributed by atoms with Gasteiger partial charge < -0.3 is 0 Å². The van der Waals surface area contributed by atoms with Gasteiger partial charge in [-0.3, -0.25) is 0 Å². The second kappa shape index (κ2) is 4.13. The molecule has 0 saturated heterocycles. The fourth-order valence-electron chi connectivity index (χ4n) is 0.403. The van der Waals surface area contributed by atoms with Crippen LogP contribution in [0.1, 0.15) is 13.3 Å². The molecule has 0 spiro atoms. The molecule has 0 aliphatic rings. The Morgan fingerprint density at radius 2 is 2.00 bits per heavy atom. The summed E-state index contributed by atoms with van der Waals surface area (Å²) < 4.78 is 0.682. The van der Waals surface area contributed by atoms with Crippen molar-refractivity contribution in [1.82, 2.24) is 0 Å². The number of carbonyl (C=O) groups excluding carboxylic acids is 2. The fourth-order valence-corrected chi connectivity index (χ4v) is 1.12. The second-order valence-corrected chi connectivity index (χ2v) is 3.79. The fraction of sp³-hybridized carbons (Fsp3) is 0.600. The van der Waals surface area contributed by atoms with E-state index in [1.165, 1.54) is 6.92 Å². The number of Topliss-reactive ketones (excluding diaryl/α,β-unsaturated/α-hetero) is 2. The maximum atomic E-state index is 10.5. The van der Waals surface area contributed by atoms with Crippen molar-refractivity contribution in [2.75, 3.05) is 0 Å². The van der Waals surface area contributed by atoms with Crippen molar-refractivity contribution in [1.29, 1.82) is 0 Å². The van der Waals surface area contributed by atoms with E-state index in [9.17, 15) is 9.59 Å². The molecule has 0 aliphatic heterocycles. The van der Waals surface area contributed by atoms with Gasteiger partial charge in [-0.1, -0.05) is 0 Å². The van der Waals surface area contributed by atoms with Gasteiger partial charge in [-0.05, 0) is 0 Å². The van der Waals surface area contributed by atoms with Crippen molar-refractivity contribution >= 4 is 35.9 Å². The van der Waals surface area contributed by atoms with Crippen LogP contribution in [-0.2, 0) is 9.59 Å². The molecule has 0 atom stereocenters. The molecule has 0 aromatic heterocycles. The van der Waals surface area contributed by atoms with Gasteiger partial charge in [-0.25, -0.2) is 0 Å². The van der Waals surface area contributed by atoms with Crippen LogP contribution < -0.4 is 0 Å². The van der Waals surface area contributed by atoms with Crippen LogP contribution in [0.2, 0.25) is 4.18 Å². The molecule has 0 aromatic carbocycles. The minimum atomic E-state index is -0.0110. The zero-order chi connectivity index (χ0) is 6.57. The van der Waals surface area contributed by atoms with Crippen molar-refractivity contribution in [3.05, 3.63) is 0 Å². The minimum absolute atomic E-state index is 0.0110. The molecule has 0 unspecified atom stereocenters. The third kappa shape index (κ3) is 4.37. The zero-order valence-electron chi connectivity index (χ0n) is 5.23. The van der Waals surface area contributed by atoms with E-state index in [4.69, 9.17) is 0 Å². The summed E-state index contributed by atoms with van der Waals surface area (Å²) in [6.45, 7) is 1.45. The molecule has 0 radical (unpaired) electrons. The first-order valence-electron chi connectivity index (χ1n) is 2.68. The Hall–Kier alpha value is 0.210. The second-order valence-electron chi connectivity index (χ2n) is 1.77. The average Bonchev–Trinajstić information content (AvgIpc) is 1.65. The Morgan fingerprint density at radius 1 is 1.50 bits per heavy atom. The number of ketones is 2. The molecule has 8 heavy (non-hydrogen) atoms. The zero-order valence-corrected chi connectivity index (χ0v) is 10.9. The summed E-state index contributed by atoms with van der Waals surface area (Å²) in [6.07, 6.45) is 0.160. The molecule has 0 rings (SSSR count). The van der Waals surface area contributed by atoms with E-state index in [1.807, 2.05) is 0 Å². The molecule has 3 heteroatoms. The first-order chi connectivity index (χ1) is 3.66. The van der Waals surface area contributed by atoms with Crippen LogP contribution in [0.15, 0.2) is 0 Å². The van der Waals surface area contributed by atoms with Crippen molar-refractivity contribution in [2.45, 2.75) is 17.5 Å². The SMILES string of the molecule is CC(=O)CC(=O)[CH2][InH2]. The molecule has 0 N–H and O–H groups in total. The van der Waals surface area contributed by atoms with Gasteiger partial charge in [-0.2, -0.15) is 0 Å². The summed E-state index contributed by atoms with van der Waals surface area (Å²) in [5.74, 6) is 0.108. The Balaban J connectivity index is 3.40. The first kappa shape index (κ1) is 8.21. The van der Waals surface area contributed by atoms with E-state index in [2.05, 4.69) is 0 Å². The van der Waals surface area contributed by atoms with Crippen LogP contribution in [0.5, 0.6) is 0 Å². The normalized spacial score (nSPS) is 8.62. The van der Waals surface area contributed by atoms with Gasteiger partial charge >= 0.3 is 63.1 Å². The van der Waals surface area contributed by atoms with Gasteiger partial charge in [0.05, 0.1) is 0 Å². The predicted molar refractivity (Wildman–Crippen MR) is 33.7 cm³/mol. The van der Waals surface area contributed by atoms with Gasteiger partial charge in [0.25, 0.3) is 0 Å². The summed E-state index contributed by atoms with van der Waals surface area (Å²) in [5.41, 5.74) is 0. The monoisotopic (exact) mass is 216 g/mol. The van der Waals surface area contributed by atoms with Crippen LogP contribution in [0.3, 0.4) is 0 Å². The van der Waals surface area contributed by atoms with E-state index in [0.29, 0.717) is 28.6 Å². The molecule has 0 saturated carbocycles. The van der Waals surface area contributed by atoms with Crippen molar-refractivity contribution in [3.8, 4) is 0 Å². The molecular formula is C5H9InO2. The molecular weight excluding hydrogens is 207 g/mol. The number of hydrogen-bond acceptors (Lipinski definition) is 2.